The number of nitrogens with zero attached hydrogens (tertiary/aromatic N) is 2. The summed E-state index contributed by atoms with van der Waals surface area (Å²) in [6, 6.07) is 0. The van der Waals surface area contributed by atoms with Crippen LogP contribution in [0, 0.1) is 6.92 Å². The molecule has 0 spiro atoms. The molecule has 23 heavy (non-hydrogen) atoms. The summed E-state index contributed by atoms with van der Waals surface area (Å²) in [4.78, 5) is 18.2. The van der Waals surface area contributed by atoms with Crippen LogP contribution in [0.4, 0.5) is 5.13 Å². The molecule has 0 radical (unpaired) electrons. The van der Waals surface area contributed by atoms with Crippen molar-refractivity contribution in [2.24, 2.45) is 0 Å². The van der Waals surface area contributed by atoms with Crippen LogP contribution in [0.2, 0.25) is 0 Å². The Balaban J connectivity index is 1.73. The topological polar surface area (TPSA) is 82.7 Å². The highest BCUT2D eigenvalue weighted by Crippen LogP contribution is 2.32. The minimum Gasteiger partial charge on any atom is -0.317 e. The van der Waals surface area contributed by atoms with Gasteiger partial charge in [-0.15, -0.1) is 11.3 Å². The smallest absolute Gasteiger partial charge is 0.261 e. The summed E-state index contributed by atoms with van der Waals surface area (Å²) in [5.74, 6) is 0.620. The Morgan fingerprint density at radius 3 is 2.83 bits per heavy atom. The third kappa shape index (κ3) is 3.45. The molecule has 3 heterocycles. The van der Waals surface area contributed by atoms with Crippen molar-refractivity contribution >= 4 is 22.4 Å². The second-order valence-corrected chi connectivity index (χ2v) is 7.37. The van der Waals surface area contributed by atoms with E-state index in [1.54, 1.807) is 11.3 Å². The quantitative estimate of drug-likeness (QED) is 0.803. The summed E-state index contributed by atoms with van der Waals surface area (Å²) in [7, 11) is 0. The number of H-pyrrole nitrogens is 1. The molecule has 3 N–H and O–H groups in total. The summed E-state index contributed by atoms with van der Waals surface area (Å²) in [6.45, 7) is 8.04. The average molecular weight is 333 g/mol. The van der Waals surface area contributed by atoms with Crippen molar-refractivity contribution in [1.29, 1.82) is 0 Å². The lowest BCUT2D eigenvalue weighted by molar-refractivity contribution is 0.102. The summed E-state index contributed by atoms with van der Waals surface area (Å²) in [5.41, 5.74) is 2.23. The highest BCUT2D eigenvalue weighted by atomic mass is 32.1. The monoisotopic (exact) mass is 333 g/mol. The minimum absolute atomic E-state index is 0.133. The normalized spacial score (nSPS) is 16.0. The number of carbonyl (C=O) groups excluding carboxylic acids is 1. The van der Waals surface area contributed by atoms with E-state index in [1.165, 1.54) is 4.88 Å². The Bertz CT molecular complexity index is 684. The molecule has 1 aliphatic rings. The van der Waals surface area contributed by atoms with Gasteiger partial charge in [-0.3, -0.25) is 15.2 Å². The van der Waals surface area contributed by atoms with E-state index >= 15 is 0 Å². The van der Waals surface area contributed by atoms with E-state index in [4.69, 9.17) is 0 Å². The Morgan fingerprint density at radius 1 is 1.39 bits per heavy atom. The third-order valence-corrected chi connectivity index (χ3v) is 5.31. The molecule has 0 aliphatic carbocycles. The molecule has 1 amide bonds. The number of hydrogen-bond donors (Lipinski definition) is 3. The van der Waals surface area contributed by atoms with Crippen molar-refractivity contribution in [3.8, 4) is 0 Å². The summed E-state index contributed by atoms with van der Waals surface area (Å²) in [5, 5.41) is 14.1. The molecular formula is C16H23N5OS. The molecule has 0 atom stereocenters. The number of amides is 1. The molecular weight excluding hydrogens is 310 g/mol. The Hall–Kier alpha value is -1.73. The first kappa shape index (κ1) is 16.1. The third-order valence-electron chi connectivity index (χ3n) is 4.23. The minimum atomic E-state index is -0.133. The summed E-state index contributed by atoms with van der Waals surface area (Å²) < 4.78 is 0. The standard InChI is InChI=1S/C16H23N5OS/c1-9(2)14-13(10(3)20-21-14)15(22)19-16-18-8-12(23-16)11-4-6-17-7-5-11/h8-9,11,17H,4-7H2,1-3H3,(H,20,21)(H,18,19,22). The van der Waals surface area contributed by atoms with Crippen LogP contribution in [-0.2, 0) is 0 Å². The van der Waals surface area contributed by atoms with Crippen molar-refractivity contribution in [2.75, 3.05) is 18.4 Å². The number of thiazole rings is 1. The first-order valence-corrected chi connectivity index (χ1v) is 8.90. The van der Waals surface area contributed by atoms with Crippen LogP contribution in [0.3, 0.4) is 0 Å². The van der Waals surface area contributed by atoms with Crippen molar-refractivity contribution in [1.82, 2.24) is 20.5 Å². The number of aromatic nitrogens is 3. The molecule has 7 heteroatoms. The number of carbonyl (C=O) groups is 1. The van der Waals surface area contributed by atoms with Crippen LogP contribution in [0.25, 0.3) is 0 Å². The molecule has 0 saturated carbocycles. The molecule has 1 fully saturated rings. The van der Waals surface area contributed by atoms with Crippen LogP contribution in [0.5, 0.6) is 0 Å². The number of nitrogens with one attached hydrogen (secondary N) is 3. The molecule has 0 bridgehead atoms. The van der Waals surface area contributed by atoms with E-state index in [-0.39, 0.29) is 11.8 Å². The SMILES string of the molecule is Cc1[nH]nc(C(C)C)c1C(=O)Nc1ncc(C2CCNCC2)s1. The lowest BCUT2D eigenvalue weighted by Crippen LogP contribution is -2.26. The first-order valence-electron chi connectivity index (χ1n) is 8.09. The number of rotatable bonds is 4. The van der Waals surface area contributed by atoms with Crippen molar-refractivity contribution < 1.29 is 4.79 Å². The Morgan fingerprint density at radius 2 is 2.13 bits per heavy atom. The highest BCUT2D eigenvalue weighted by Gasteiger charge is 2.22. The zero-order chi connectivity index (χ0) is 16.4. The molecule has 1 saturated heterocycles. The molecule has 6 nitrogen and oxygen atoms in total. The van der Waals surface area contributed by atoms with E-state index in [1.807, 2.05) is 27.0 Å². The largest absolute Gasteiger partial charge is 0.317 e. The maximum atomic E-state index is 12.6. The van der Waals surface area contributed by atoms with Gasteiger partial charge >= 0.3 is 0 Å². The van der Waals surface area contributed by atoms with Crippen molar-refractivity contribution in [3.05, 3.63) is 28.0 Å². The molecule has 2 aromatic heterocycles. The second kappa shape index (κ2) is 6.80. The number of aromatic amines is 1. The van der Waals surface area contributed by atoms with Gasteiger partial charge in [0.1, 0.15) is 0 Å². The second-order valence-electron chi connectivity index (χ2n) is 6.31. The van der Waals surface area contributed by atoms with E-state index in [9.17, 15) is 4.79 Å². The predicted molar refractivity (Wildman–Crippen MR) is 92.3 cm³/mol. The number of piperidine rings is 1. The Kier molecular flexibility index (Phi) is 4.77. The summed E-state index contributed by atoms with van der Waals surface area (Å²) in [6.07, 6.45) is 4.17. The Labute approximate surface area is 140 Å². The van der Waals surface area contributed by atoms with Gasteiger partial charge in [0.05, 0.1) is 11.3 Å². The first-order chi connectivity index (χ1) is 11.1. The number of hydrogen-bond acceptors (Lipinski definition) is 5. The molecule has 124 valence electrons. The van der Waals surface area contributed by atoms with Crippen LogP contribution < -0.4 is 10.6 Å². The molecule has 0 aromatic carbocycles. The lowest BCUT2D eigenvalue weighted by atomic mass is 9.97. The predicted octanol–water partition coefficient (Wildman–Crippen LogP) is 3.02. The van der Waals surface area contributed by atoms with Gasteiger partial charge in [0.2, 0.25) is 0 Å². The lowest BCUT2D eigenvalue weighted by Gasteiger charge is -2.20. The maximum Gasteiger partial charge on any atom is 0.261 e. The van der Waals surface area contributed by atoms with E-state index in [2.05, 4.69) is 25.8 Å². The van der Waals surface area contributed by atoms with Crippen LogP contribution in [-0.4, -0.2) is 34.2 Å². The van der Waals surface area contributed by atoms with Crippen molar-refractivity contribution in [3.63, 3.8) is 0 Å². The summed E-state index contributed by atoms with van der Waals surface area (Å²) >= 11 is 1.58. The van der Waals surface area contributed by atoms with Crippen LogP contribution in [0.1, 0.15) is 65.1 Å². The van der Waals surface area contributed by atoms with Gasteiger partial charge in [-0.25, -0.2) is 4.98 Å². The fourth-order valence-corrected chi connectivity index (χ4v) is 3.93. The zero-order valence-corrected chi connectivity index (χ0v) is 14.6. The fourth-order valence-electron chi connectivity index (χ4n) is 2.95. The van der Waals surface area contributed by atoms with Gasteiger partial charge in [0.25, 0.3) is 5.91 Å². The van der Waals surface area contributed by atoms with Gasteiger partial charge in [-0.05, 0) is 44.7 Å². The molecule has 1 aliphatic heterocycles. The molecule has 2 aromatic rings. The van der Waals surface area contributed by atoms with Gasteiger partial charge in [0.15, 0.2) is 5.13 Å². The average Bonchev–Trinajstić information content (AvgIpc) is 3.15. The van der Waals surface area contributed by atoms with E-state index in [0.29, 0.717) is 16.6 Å². The van der Waals surface area contributed by atoms with Crippen molar-refractivity contribution in [2.45, 2.75) is 45.4 Å². The van der Waals surface area contributed by atoms with E-state index in [0.717, 1.165) is 37.3 Å². The van der Waals surface area contributed by atoms with Gasteiger partial charge in [-0.1, -0.05) is 13.8 Å². The van der Waals surface area contributed by atoms with Gasteiger partial charge < -0.3 is 5.32 Å². The van der Waals surface area contributed by atoms with Crippen LogP contribution >= 0.6 is 11.3 Å². The van der Waals surface area contributed by atoms with Gasteiger partial charge in [-0.2, -0.15) is 5.10 Å². The van der Waals surface area contributed by atoms with Gasteiger partial charge in [0, 0.05) is 16.8 Å². The van der Waals surface area contributed by atoms with E-state index < -0.39 is 0 Å². The van der Waals surface area contributed by atoms with Crippen LogP contribution in [0.15, 0.2) is 6.20 Å². The number of anilines is 1. The maximum absolute atomic E-state index is 12.6. The molecule has 0 unspecified atom stereocenters. The number of aryl methyl sites for hydroxylation is 1. The molecule has 3 rings (SSSR count). The zero-order valence-electron chi connectivity index (χ0n) is 13.8. The fraction of sp³-hybridized carbons (Fsp3) is 0.562. The highest BCUT2D eigenvalue weighted by molar-refractivity contribution is 7.15.